The molecule has 6 nitrogen and oxygen atoms in total. The molecule has 0 aromatic carbocycles. The molecule has 2 aromatic heterocycles. The average Bonchev–Trinajstić information content (AvgIpc) is 2.73. The molecule has 106 valence electrons. The van der Waals surface area contributed by atoms with E-state index < -0.39 is 0 Å². The first-order valence-corrected chi connectivity index (χ1v) is 7.24. The van der Waals surface area contributed by atoms with Gasteiger partial charge in [-0.15, -0.1) is 0 Å². The molecule has 0 amide bonds. The average molecular weight is 272 g/mol. The number of aryl methyl sites for hydroxylation is 2. The van der Waals surface area contributed by atoms with Crippen molar-refractivity contribution in [3.63, 3.8) is 0 Å². The Morgan fingerprint density at radius 2 is 2.05 bits per heavy atom. The number of aromatic nitrogens is 5. The van der Waals surface area contributed by atoms with E-state index in [-0.39, 0.29) is 0 Å². The molecule has 1 aliphatic rings. The second-order valence-corrected chi connectivity index (χ2v) is 5.22. The highest BCUT2D eigenvalue weighted by molar-refractivity contribution is 5.46. The number of nitrogens with one attached hydrogen (secondary N) is 1. The van der Waals surface area contributed by atoms with Crippen LogP contribution >= 0.6 is 0 Å². The van der Waals surface area contributed by atoms with Crippen molar-refractivity contribution in [3.8, 4) is 0 Å². The Labute approximate surface area is 118 Å². The molecule has 3 rings (SSSR count). The zero-order valence-corrected chi connectivity index (χ0v) is 11.8. The monoisotopic (exact) mass is 272 g/mol. The van der Waals surface area contributed by atoms with Crippen LogP contribution in [0.2, 0.25) is 0 Å². The van der Waals surface area contributed by atoms with E-state index in [1.807, 2.05) is 7.05 Å². The molecule has 0 bridgehead atoms. The van der Waals surface area contributed by atoms with Gasteiger partial charge in [-0.05, 0) is 25.7 Å². The predicted molar refractivity (Wildman–Crippen MR) is 76.5 cm³/mol. The molecule has 0 spiro atoms. The fourth-order valence-electron chi connectivity index (χ4n) is 2.64. The molecule has 1 aliphatic carbocycles. The molecule has 0 unspecified atom stereocenters. The molecule has 0 saturated heterocycles. The first-order valence-electron chi connectivity index (χ1n) is 7.24. The maximum atomic E-state index is 4.43. The third-order valence-electron chi connectivity index (χ3n) is 3.66. The highest BCUT2D eigenvalue weighted by Crippen LogP contribution is 2.23. The number of nitrogens with zero attached hydrogens (tertiary/aromatic N) is 5. The van der Waals surface area contributed by atoms with Gasteiger partial charge >= 0.3 is 0 Å². The van der Waals surface area contributed by atoms with Gasteiger partial charge in [0.05, 0.1) is 0 Å². The van der Waals surface area contributed by atoms with Gasteiger partial charge in [-0.25, -0.2) is 15.0 Å². The Morgan fingerprint density at radius 1 is 1.15 bits per heavy atom. The predicted octanol–water partition coefficient (Wildman–Crippen LogP) is 1.53. The van der Waals surface area contributed by atoms with Gasteiger partial charge in [-0.3, -0.25) is 4.68 Å². The van der Waals surface area contributed by atoms with Crippen molar-refractivity contribution >= 4 is 5.82 Å². The molecule has 0 fully saturated rings. The molecule has 2 aromatic rings. The minimum atomic E-state index is 0.799. The summed E-state index contributed by atoms with van der Waals surface area (Å²) in [6, 6.07) is 0. The number of hydrogen-bond donors (Lipinski definition) is 1. The highest BCUT2D eigenvalue weighted by atomic mass is 15.3. The van der Waals surface area contributed by atoms with Gasteiger partial charge in [0, 0.05) is 31.3 Å². The Morgan fingerprint density at radius 3 is 2.90 bits per heavy atom. The van der Waals surface area contributed by atoms with Crippen molar-refractivity contribution in [2.24, 2.45) is 7.05 Å². The quantitative estimate of drug-likeness (QED) is 0.855. The van der Waals surface area contributed by atoms with E-state index >= 15 is 0 Å². The molecule has 20 heavy (non-hydrogen) atoms. The Bertz CT molecular complexity index is 577. The summed E-state index contributed by atoms with van der Waals surface area (Å²) >= 11 is 0. The lowest BCUT2D eigenvalue weighted by atomic mass is 10.1. The molecule has 0 saturated carbocycles. The number of rotatable bonds is 4. The van der Waals surface area contributed by atoms with Gasteiger partial charge in [-0.1, -0.05) is 6.42 Å². The van der Waals surface area contributed by atoms with Crippen molar-refractivity contribution in [1.82, 2.24) is 24.7 Å². The second-order valence-electron chi connectivity index (χ2n) is 5.22. The van der Waals surface area contributed by atoms with Crippen molar-refractivity contribution in [2.45, 2.75) is 38.5 Å². The summed E-state index contributed by atoms with van der Waals surface area (Å²) in [6.45, 7) is 0.799. The van der Waals surface area contributed by atoms with E-state index in [0.29, 0.717) is 0 Å². The summed E-state index contributed by atoms with van der Waals surface area (Å²) in [7, 11) is 1.88. The zero-order valence-electron chi connectivity index (χ0n) is 11.8. The minimum absolute atomic E-state index is 0.799. The van der Waals surface area contributed by atoms with Crippen molar-refractivity contribution in [1.29, 1.82) is 0 Å². The van der Waals surface area contributed by atoms with E-state index in [4.69, 9.17) is 0 Å². The van der Waals surface area contributed by atoms with Crippen LogP contribution in [0.3, 0.4) is 0 Å². The van der Waals surface area contributed by atoms with Crippen LogP contribution in [0.15, 0.2) is 12.7 Å². The molecular weight excluding hydrogens is 252 g/mol. The Hall–Kier alpha value is -1.98. The van der Waals surface area contributed by atoms with Crippen LogP contribution in [0.25, 0.3) is 0 Å². The minimum Gasteiger partial charge on any atom is -0.369 e. The zero-order chi connectivity index (χ0) is 13.8. The summed E-state index contributed by atoms with van der Waals surface area (Å²) in [5.74, 6) is 1.85. The van der Waals surface area contributed by atoms with Gasteiger partial charge in [0.15, 0.2) is 5.82 Å². The van der Waals surface area contributed by atoms with Gasteiger partial charge in [0.2, 0.25) is 0 Å². The second kappa shape index (κ2) is 5.98. The van der Waals surface area contributed by atoms with Gasteiger partial charge < -0.3 is 5.32 Å². The summed E-state index contributed by atoms with van der Waals surface area (Å²) in [4.78, 5) is 13.1. The molecule has 6 heteroatoms. The Kier molecular flexibility index (Phi) is 3.90. The fourth-order valence-corrected chi connectivity index (χ4v) is 2.64. The highest BCUT2D eigenvalue weighted by Gasteiger charge is 2.14. The largest absolute Gasteiger partial charge is 0.369 e. The molecule has 0 atom stereocenters. The maximum Gasteiger partial charge on any atom is 0.152 e. The topological polar surface area (TPSA) is 68.5 Å². The lowest BCUT2D eigenvalue weighted by Crippen LogP contribution is -2.11. The van der Waals surface area contributed by atoms with Crippen LogP contribution < -0.4 is 5.32 Å². The van der Waals surface area contributed by atoms with E-state index in [1.54, 1.807) is 17.3 Å². The summed E-state index contributed by atoms with van der Waals surface area (Å²) in [5.41, 5.74) is 2.52. The van der Waals surface area contributed by atoms with Crippen molar-refractivity contribution < 1.29 is 0 Å². The number of fused-ring (bicyclic) bond motifs is 1. The maximum absolute atomic E-state index is 4.43. The summed E-state index contributed by atoms with van der Waals surface area (Å²) in [5, 5.41) is 7.70. The van der Waals surface area contributed by atoms with Crippen LogP contribution in [0.5, 0.6) is 0 Å². The van der Waals surface area contributed by atoms with Crippen LogP contribution in [0.4, 0.5) is 5.82 Å². The lowest BCUT2D eigenvalue weighted by molar-refractivity contribution is 0.708. The number of hydrogen-bond acceptors (Lipinski definition) is 5. The van der Waals surface area contributed by atoms with E-state index in [9.17, 15) is 0 Å². The van der Waals surface area contributed by atoms with Crippen LogP contribution in [-0.2, 0) is 26.3 Å². The first kappa shape index (κ1) is 13.0. The molecular formula is C14H20N6. The standard InChI is InChI=1S/C14H20N6/c1-20-10-18-13(19-20)7-8-15-14-11-5-3-2-4-6-12(11)16-9-17-14/h9-10H,2-8H2,1H3,(H,15,16,17). The van der Waals surface area contributed by atoms with E-state index in [0.717, 1.165) is 37.4 Å². The van der Waals surface area contributed by atoms with Gasteiger partial charge in [-0.2, -0.15) is 5.10 Å². The van der Waals surface area contributed by atoms with Crippen molar-refractivity contribution in [3.05, 3.63) is 29.7 Å². The van der Waals surface area contributed by atoms with Crippen LogP contribution in [0.1, 0.15) is 36.3 Å². The summed E-state index contributed by atoms with van der Waals surface area (Å²) < 4.78 is 1.73. The fraction of sp³-hybridized carbons (Fsp3) is 0.571. The van der Waals surface area contributed by atoms with Gasteiger partial charge in [0.1, 0.15) is 18.5 Å². The molecule has 0 aliphatic heterocycles. The molecule has 2 heterocycles. The van der Waals surface area contributed by atoms with Crippen LogP contribution in [0, 0.1) is 0 Å². The van der Waals surface area contributed by atoms with Crippen molar-refractivity contribution in [2.75, 3.05) is 11.9 Å². The molecule has 1 N–H and O–H groups in total. The normalized spacial score (nSPS) is 14.7. The first-order chi connectivity index (χ1) is 9.83. The molecule has 0 radical (unpaired) electrons. The SMILES string of the molecule is Cn1cnc(CCNc2ncnc3c2CCCCC3)n1. The Balaban J connectivity index is 1.65. The third kappa shape index (κ3) is 2.95. The van der Waals surface area contributed by atoms with Crippen LogP contribution in [-0.4, -0.2) is 31.3 Å². The van der Waals surface area contributed by atoms with Gasteiger partial charge in [0.25, 0.3) is 0 Å². The third-order valence-corrected chi connectivity index (χ3v) is 3.66. The van der Waals surface area contributed by atoms with E-state index in [1.165, 1.54) is 30.5 Å². The number of anilines is 1. The lowest BCUT2D eigenvalue weighted by Gasteiger charge is -2.11. The van der Waals surface area contributed by atoms with E-state index in [2.05, 4.69) is 25.4 Å². The summed E-state index contributed by atoms with van der Waals surface area (Å²) in [6.07, 6.45) is 10.1. The smallest absolute Gasteiger partial charge is 0.152 e.